The molecule has 1 aromatic rings. The van der Waals surface area contributed by atoms with E-state index in [0.29, 0.717) is 10.6 Å². The number of benzene rings is 1. The van der Waals surface area contributed by atoms with Crippen LogP contribution in [0.5, 0.6) is 0 Å². The summed E-state index contributed by atoms with van der Waals surface area (Å²) in [6.07, 6.45) is 7.62. The summed E-state index contributed by atoms with van der Waals surface area (Å²) in [6.45, 7) is 0. The highest BCUT2D eigenvalue weighted by atomic mass is 35.5. The first-order valence-corrected chi connectivity index (χ1v) is 6.13. The minimum Gasteiger partial charge on any atom is -0.289 e. The Bertz CT molecular complexity index is 412. The van der Waals surface area contributed by atoms with Gasteiger partial charge < -0.3 is 0 Å². The van der Waals surface area contributed by atoms with Crippen LogP contribution in [-0.4, -0.2) is 5.78 Å². The molecular formula is C14H15ClO. The van der Waals surface area contributed by atoms with Crippen LogP contribution in [0.2, 0.25) is 5.02 Å². The highest BCUT2D eigenvalue weighted by Crippen LogP contribution is 2.24. The van der Waals surface area contributed by atoms with E-state index in [1.54, 1.807) is 18.2 Å². The smallest absolute Gasteiger partial charge is 0.187 e. The van der Waals surface area contributed by atoms with E-state index in [0.717, 1.165) is 12.8 Å². The Labute approximate surface area is 101 Å². The molecule has 0 bridgehead atoms. The molecule has 16 heavy (non-hydrogen) atoms. The standard InChI is InChI=1S/C14H15ClO/c15-13-9-5-4-8-12(13)14(16)10-11-6-2-1-3-7-11/h4-5,8-10H,1-3,6-7H2. The van der Waals surface area contributed by atoms with Crippen molar-refractivity contribution < 1.29 is 4.79 Å². The van der Waals surface area contributed by atoms with Gasteiger partial charge in [0.25, 0.3) is 0 Å². The van der Waals surface area contributed by atoms with Gasteiger partial charge in [-0.05, 0) is 43.9 Å². The van der Waals surface area contributed by atoms with E-state index in [1.807, 2.05) is 12.1 Å². The third-order valence-corrected chi connectivity index (χ3v) is 3.30. The van der Waals surface area contributed by atoms with Crippen LogP contribution in [0, 0.1) is 0 Å². The number of hydrogen-bond acceptors (Lipinski definition) is 1. The number of allylic oxidation sites excluding steroid dienone is 2. The Kier molecular flexibility index (Phi) is 3.79. The van der Waals surface area contributed by atoms with E-state index in [-0.39, 0.29) is 5.78 Å². The van der Waals surface area contributed by atoms with Gasteiger partial charge in [0.2, 0.25) is 0 Å². The number of ketones is 1. The third-order valence-electron chi connectivity index (χ3n) is 2.97. The lowest BCUT2D eigenvalue weighted by atomic mass is 9.93. The molecule has 1 aromatic carbocycles. The van der Waals surface area contributed by atoms with Gasteiger partial charge in [-0.1, -0.05) is 35.7 Å². The van der Waals surface area contributed by atoms with Gasteiger partial charge in [-0.25, -0.2) is 0 Å². The average Bonchev–Trinajstić information content (AvgIpc) is 2.31. The maximum Gasteiger partial charge on any atom is 0.187 e. The molecule has 2 rings (SSSR count). The fourth-order valence-electron chi connectivity index (χ4n) is 2.07. The summed E-state index contributed by atoms with van der Waals surface area (Å²) in [5.74, 6) is 0.0440. The number of halogens is 1. The summed E-state index contributed by atoms with van der Waals surface area (Å²) in [5, 5.41) is 0.542. The summed E-state index contributed by atoms with van der Waals surface area (Å²) in [7, 11) is 0. The molecule has 0 unspecified atom stereocenters. The van der Waals surface area contributed by atoms with Crippen LogP contribution in [0.1, 0.15) is 42.5 Å². The van der Waals surface area contributed by atoms with E-state index in [9.17, 15) is 4.79 Å². The van der Waals surface area contributed by atoms with E-state index < -0.39 is 0 Å². The van der Waals surface area contributed by atoms with Crippen LogP contribution in [0.3, 0.4) is 0 Å². The molecule has 0 radical (unpaired) electrons. The van der Waals surface area contributed by atoms with Gasteiger partial charge in [0.15, 0.2) is 5.78 Å². The molecule has 1 nitrogen and oxygen atoms in total. The van der Waals surface area contributed by atoms with Crippen molar-refractivity contribution in [3.8, 4) is 0 Å². The van der Waals surface area contributed by atoms with Gasteiger partial charge in [0.1, 0.15) is 0 Å². The molecule has 1 aliphatic rings. The highest BCUT2D eigenvalue weighted by Gasteiger charge is 2.10. The van der Waals surface area contributed by atoms with Crippen molar-refractivity contribution in [2.45, 2.75) is 32.1 Å². The van der Waals surface area contributed by atoms with E-state index in [4.69, 9.17) is 11.6 Å². The zero-order valence-electron chi connectivity index (χ0n) is 9.21. The molecule has 84 valence electrons. The Morgan fingerprint density at radius 1 is 1.12 bits per heavy atom. The zero-order valence-corrected chi connectivity index (χ0v) is 9.96. The summed E-state index contributed by atoms with van der Waals surface area (Å²) < 4.78 is 0. The lowest BCUT2D eigenvalue weighted by Gasteiger charge is -2.13. The molecule has 0 spiro atoms. The summed E-state index contributed by atoms with van der Waals surface area (Å²) in [6, 6.07) is 7.23. The van der Waals surface area contributed by atoms with Crippen LogP contribution in [0.15, 0.2) is 35.9 Å². The molecule has 1 saturated carbocycles. The predicted octanol–water partition coefficient (Wildman–Crippen LogP) is 4.41. The van der Waals surface area contributed by atoms with Crippen molar-refractivity contribution in [3.63, 3.8) is 0 Å². The highest BCUT2D eigenvalue weighted by molar-refractivity contribution is 6.34. The SMILES string of the molecule is O=C(C=C1CCCCC1)c1ccccc1Cl. The molecule has 1 aliphatic carbocycles. The second-order valence-corrected chi connectivity index (χ2v) is 4.61. The number of carbonyl (C=O) groups is 1. The maximum atomic E-state index is 12.0. The molecule has 0 atom stereocenters. The van der Waals surface area contributed by atoms with Gasteiger partial charge >= 0.3 is 0 Å². The lowest BCUT2D eigenvalue weighted by molar-refractivity contribution is 0.104. The van der Waals surface area contributed by atoms with E-state index >= 15 is 0 Å². The Balaban J connectivity index is 2.16. The molecular weight excluding hydrogens is 220 g/mol. The minimum atomic E-state index is 0.0440. The minimum absolute atomic E-state index is 0.0440. The van der Waals surface area contributed by atoms with E-state index in [1.165, 1.54) is 24.8 Å². The van der Waals surface area contributed by atoms with Crippen molar-refractivity contribution >= 4 is 17.4 Å². The lowest BCUT2D eigenvalue weighted by Crippen LogP contribution is -2.00. The molecule has 0 saturated heterocycles. The van der Waals surface area contributed by atoms with Crippen LogP contribution < -0.4 is 0 Å². The molecule has 0 aromatic heterocycles. The van der Waals surface area contributed by atoms with Gasteiger partial charge in [0.05, 0.1) is 5.02 Å². The van der Waals surface area contributed by atoms with Gasteiger partial charge in [0, 0.05) is 5.56 Å². The summed E-state index contributed by atoms with van der Waals surface area (Å²) in [4.78, 5) is 12.0. The predicted molar refractivity (Wildman–Crippen MR) is 67.0 cm³/mol. The molecule has 0 heterocycles. The zero-order chi connectivity index (χ0) is 11.4. The summed E-state index contributed by atoms with van der Waals surface area (Å²) >= 11 is 5.99. The van der Waals surface area contributed by atoms with Gasteiger partial charge in [-0.2, -0.15) is 0 Å². The van der Waals surface area contributed by atoms with Gasteiger partial charge in [-0.3, -0.25) is 4.79 Å². The Hall–Kier alpha value is -1.08. The second kappa shape index (κ2) is 5.31. The summed E-state index contributed by atoms with van der Waals surface area (Å²) in [5.41, 5.74) is 1.89. The number of hydrogen-bond donors (Lipinski definition) is 0. The molecule has 0 aliphatic heterocycles. The number of carbonyl (C=O) groups excluding carboxylic acids is 1. The van der Waals surface area contributed by atoms with Gasteiger partial charge in [-0.15, -0.1) is 0 Å². The topological polar surface area (TPSA) is 17.1 Å². The first-order chi connectivity index (χ1) is 7.77. The normalized spacial score (nSPS) is 15.9. The Morgan fingerprint density at radius 2 is 1.81 bits per heavy atom. The maximum absolute atomic E-state index is 12.0. The van der Waals surface area contributed by atoms with Crippen LogP contribution in [-0.2, 0) is 0 Å². The fourth-order valence-corrected chi connectivity index (χ4v) is 2.30. The Morgan fingerprint density at radius 3 is 2.50 bits per heavy atom. The average molecular weight is 235 g/mol. The molecule has 0 N–H and O–H groups in total. The van der Waals surface area contributed by atoms with Crippen LogP contribution in [0.25, 0.3) is 0 Å². The van der Waals surface area contributed by atoms with Crippen LogP contribution >= 0.6 is 11.6 Å². The van der Waals surface area contributed by atoms with Crippen molar-refractivity contribution in [2.75, 3.05) is 0 Å². The fraction of sp³-hybridized carbons (Fsp3) is 0.357. The first-order valence-electron chi connectivity index (χ1n) is 5.75. The van der Waals surface area contributed by atoms with Crippen molar-refractivity contribution in [3.05, 3.63) is 46.5 Å². The largest absolute Gasteiger partial charge is 0.289 e. The monoisotopic (exact) mass is 234 g/mol. The first kappa shape index (κ1) is 11.4. The third kappa shape index (κ3) is 2.73. The quantitative estimate of drug-likeness (QED) is 0.547. The number of rotatable bonds is 2. The molecule has 0 amide bonds. The molecule has 2 heteroatoms. The van der Waals surface area contributed by atoms with Crippen molar-refractivity contribution in [1.29, 1.82) is 0 Å². The van der Waals surface area contributed by atoms with Crippen LogP contribution in [0.4, 0.5) is 0 Å². The van der Waals surface area contributed by atoms with Crippen molar-refractivity contribution in [1.82, 2.24) is 0 Å². The van der Waals surface area contributed by atoms with E-state index in [2.05, 4.69) is 0 Å². The molecule has 1 fully saturated rings. The second-order valence-electron chi connectivity index (χ2n) is 4.21. The van der Waals surface area contributed by atoms with Crippen molar-refractivity contribution in [2.24, 2.45) is 0 Å².